The van der Waals surface area contributed by atoms with Crippen LogP contribution in [0.15, 0.2) is 102 Å². The van der Waals surface area contributed by atoms with E-state index in [0.29, 0.717) is 11.6 Å². The summed E-state index contributed by atoms with van der Waals surface area (Å²) in [6, 6.07) is 27.7. The number of hydrogen-bond acceptors (Lipinski definition) is 4. The molecule has 0 fully saturated rings. The van der Waals surface area contributed by atoms with Gasteiger partial charge in [-0.2, -0.15) is 0 Å². The fourth-order valence-electron chi connectivity index (χ4n) is 4.96. The van der Waals surface area contributed by atoms with Gasteiger partial charge in [-0.25, -0.2) is 8.42 Å². The summed E-state index contributed by atoms with van der Waals surface area (Å²) in [7, 11) is -4.20. The maximum atomic E-state index is 14.4. The van der Waals surface area contributed by atoms with Crippen molar-refractivity contribution < 1.29 is 18.0 Å². The number of benzene rings is 4. The van der Waals surface area contributed by atoms with Crippen molar-refractivity contribution in [1.82, 2.24) is 10.2 Å². The molecule has 0 unspecified atom stereocenters. The van der Waals surface area contributed by atoms with E-state index in [1.54, 1.807) is 30.3 Å². The van der Waals surface area contributed by atoms with Crippen LogP contribution in [0.4, 0.5) is 5.69 Å². The Kier molecular flexibility index (Phi) is 10.8. The van der Waals surface area contributed by atoms with E-state index in [4.69, 9.17) is 11.6 Å². The molecule has 4 rings (SSSR count). The van der Waals surface area contributed by atoms with Crippen molar-refractivity contribution in [3.63, 3.8) is 0 Å². The van der Waals surface area contributed by atoms with Crippen LogP contribution in [0.25, 0.3) is 0 Å². The van der Waals surface area contributed by atoms with Crippen LogP contribution < -0.4 is 9.62 Å². The fraction of sp³-hybridized carbons (Fsp3) is 0.257. The van der Waals surface area contributed by atoms with Crippen molar-refractivity contribution >= 4 is 39.1 Å². The van der Waals surface area contributed by atoms with Crippen molar-refractivity contribution in [2.45, 2.75) is 51.6 Å². The summed E-state index contributed by atoms with van der Waals surface area (Å²) < 4.78 is 29.3. The number of aryl methyl sites for hydroxylation is 3. The van der Waals surface area contributed by atoms with Crippen molar-refractivity contribution in [2.75, 3.05) is 17.4 Å². The van der Waals surface area contributed by atoms with E-state index in [0.717, 1.165) is 32.1 Å². The SMILES string of the molecule is CCNC(=O)[C@H](Cc1ccccc1)N(Cc1cccc(C)c1)C(=O)CN(c1ccc(C)c(Cl)c1)S(=O)(=O)c1ccc(C)cc1. The molecule has 0 saturated carbocycles. The van der Waals surface area contributed by atoms with E-state index < -0.39 is 28.5 Å². The summed E-state index contributed by atoms with van der Waals surface area (Å²) in [5.74, 6) is -0.838. The molecule has 0 spiro atoms. The van der Waals surface area contributed by atoms with Crippen LogP contribution in [0.1, 0.15) is 34.7 Å². The van der Waals surface area contributed by atoms with Crippen molar-refractivity contribution in [3.8, 4) is 0 Å². The molecule has 1 N–H and O–H groups in total. The molecule has 0 aliphatic carbocycles. The van der Waals surface area contributed by atoms with Gasteiger partial charge in [-0.15, -0.1) is 0 Å². The normalized spacial score (nSPS) is 11.9. The standard InChI is InChI=1S/C35H38ClN3O4S/c1-5-37-35(41)33(21-28-11-7-6-8-12-28)38(23-29-13-9-10-26(3)20-29)34(40)24-39(30-17-16-27(4)32(36)22-30)44(42,43)31-18-14-25(2)15-19-31/h6-20,22,33H,5,21,23-24H2,1-4H3,(H,37,41)/t33-/m0/s1. The molecule has 0 aliphatic rings. The van der Waals surface area contributed by atoms with Crippen LogP contribution in [-0.2, 0) is 32.6 Å². The monoisotopic (exact) mass is 631 g/mol. The zero-order valence-electron chi connectivity index (χ0n) is 25.5. The second-order valence-electron chi connectivity index (χ2n) is 10.9. The maximum Gasteiger partial charge on any atom is 0.264 e. The highest BCUT2D eigenvalue weighted by Crippen LogP contribution is 2.29. The van der Waals surface area contributed by atoms with Gasteiger partial charge in [0.05, 0.1) is 10.6 Å². The van der Waals surface area contributed by atoms with Crippen LogP contribution >= 0.6 is 11.6 Å². The van der Waals surface area contributed by atoms with Crippen molar-refractivity contribution in [1.29, 1.82) is 0 Å². The third kappa shape index (κ3) is 8.07. The highest BCUT2D eigenvalue weighted by molar-refractivity contribution is 7.92. The molecule has 1 atom stereocenters. The van der Waals surface area contributed by atoms with Gasteiger partial charge in [-0.05, 0) is 68.7 Å². The second kappa shape index (κ2) is 14.6. The Labute approximate surface area is 265 Å². The van der Waals surface area contributed by atoms with E-state index in [1.165, 1.54) is 17.0 Å². The first-order valence-electron chi connectivity index (χ1n) is 14.5. The number of carbonyl (C=O) groups is 2. The van der Waals surface area contributed by atoms with E-state index in [1.807, 2.05) is 82.3 Å². The summed E-state index contributed by atoms with van der Waals surface area (Å²) in [6.45, 7) is 7.43. The molecule has 44 heavy (non-hydrogen) atoms. The van der Waals surface area contributed by atoms with Crippen LogP contribution in [0.2, 0.25) is 5.02 Å². The summed E-state index contributed by atoms with van der Waals surface area (Å²) in [4.78, 5) is 29.6. The highest BCUT2D eigenvalue weighted by atomic mass is 35.5. The third-order valence-electron chi connectivity index (χ3n) is 7.39. The molecule has 0 saturated heterocycles. The number of rotatable bonds is 12. The Morgan fingerprint density at radius 1 is 0.818 bits per heavy atom. The molecular formula is C35H38ClN3O4S. The number of halogens is 1. The topological polar surface area (TPSA) is 86.8 Å². The van der Waals surface area contributed by atoms with Crippen molar-refractivity contribution in [2.24, 2.45) is 0 Å². The lowest BCUT2D eigenvalue weighted by Gasteiger charge is -2.34. The number of sulfonamides is 1. The fourth-order valence-corrected chi connectivity index (χ4v) is 6.54. The molecule has 4 aromatic carbocycles. The van der Waals surface area contributed by atoms with Gasteiger partial charge in [-0.3, -0.25) is 13.9 Å². The zero-order valence-corrected chi connectivity index (χ0v) is 27.0. The van der Waals surface area contributed by atoms with Gasteiger partial charge in [0, 0.05) is 24.5 Å². The molecule has 7 nitrogen and oxygen atoms in total. The number of likely N-dealkylation sites (N-methyl/N-ethyl adjacent to an activating group) is 1. The molecule has 0 aliphatic heterocycles. The van der Waals surface area contributed by atoms with Gasteiger partial charge in [-0.1, -0.05) is 95.5 Å². The Balaban J connectivity index is 1.81. The molecule has 0 bridgehead atoms. The minimum absolute atomic E-state index is 0.0439. The van der Waals surface area contributed by atoms with Crippen LogP contribution in [0.5, 0.6) is 0 Å². The average Bonchev–Trinajstić information content (AvgIpc) is 3.00. The van der Waals surface area contributed by atoms with Crippen LogP contribution in [0.3, 0.4) is 0 Å². The highest BCUT2D eigenvalue weighted by Gasteiger charge is 2.34. The summed E-state index contributed by atoms with van der Waals surface area (Å²) in [5.41, 5.74) is 4.63. The molecule has 0 heterocycles. The Hall–Kier alpha value is -4.14. The summed E-state index contributed by atoms with van der Waals surface area (Å²) in [6.07, 6.45) is 0.255. The summed E-state index contributed by atoms with van der Waals surface area (Å²) >= 11 is 6.44. The Bertz CT molecular complexity index is 1710. The minimum atomic E-state index is -4.20. The lowest BCUT2D eigenvalue weighted by molar-refractivity contribution is -0.140. The molecule has 2 amide bonds. The number of anilines is 1. The molecule has 0 aromatic heterocycles. The van der Waals surface area contributed by atoms with E-state index in [2.05, 4.69) is 5.32 Å². The Morgan fingerprint density at radius 3 is 2.14 bits per heavy atom. The number of carbonyl (C=O) groups excluding carboxylic acids is 2. The van der Waals surface area contributed by atoms with Gasteiger partial charge in [0.25, 0.3) is 10.0 Å². The van der Waals surface area contributed by atoms with Gasteiger partial charge in [0.15, 0.2) is 0 Å². The predicted octanol–water partition coefficient (Wildman–Crippen LogP) is 6.24. The van der Waals surface area contributed by atoms with Gasteiger partial charge < -0.3 is 10.2 Å². The number of hydrogen-bond donors (Lipinski definition) is 1. The van der Waals surface area contributed by atoms with Gasteiger partial charge in [0.2, 0.25) is 11.8 Å². The largest absolute Gasteiger partial charge is 0.355 e. The first kappa shape index (κ1) is 32.8. The van der Waals surface area contributed by atoms with Gasteiger partial charge in [0.1, 0.15) is 12.6 Å². The van der Waals surface area contributed by atoms with E-state index in [9.17, 15) is 18.0 Å². The lowest BCUT2D eigenvalue weighted by atomic mass is 10.0. The van der Waals surface area contributed by atoms with E-state index in [-0.39, 0.29) is 29.5 Å². The first-order valence-corrected chi connectivity index (χ1v) is 16.3. The number of amides is 2. The zero-order chi connectivity index (χ0) is 31.9. The summed E-state index contributed by atoms with van der Waals surface area (Å²) in [5, 5.41) is 3.25. The second-order valence-corrected chi connectivity index (χ2v) is 13.1. The smallest absolute Gasteiger partial charge is 0.264 e. The quantitative estimate of drug-likeness (QED) is 0.201. The molecule has 230 valence electrons. The van der Waals surface area contributed by atoms with Crippen molar-refractivity contribution in [3.05, 3.63) is 130 Å². The Morgan fingerprint density at radius 2 is 1.50 bits per heavy atom. The maximum absolute atomic E-state index is 14.4. The van der Waals surface area contributed by atoms with E-state index >= 15 is 0 Å². The lowest BCUT2D eigenvalue weighted by Crippen LogP contribution is -2.53. The number of nitrogens with one attached hydrogen (secondary N) is 1. The molecule has 9 heteroatoms. The molecule has 4 aromatic rings. The molecule has 0 radical (unpaired) electrons. The average molecular weight is 632 g/mol. The predicted molar refractivity (Wildman–Crippen MR) is 176 cm³/mol. The van der Waals surface area contributed by atoms with Crippen LogP contribution in [0, 0.1) is 20.8 Å². The molecular weight excluding hydrogens is 594 g/mol. The van der Waals surface area contributed by atoms with Crippen LogP contribution in [-0.4, -0.2) is 44.3 Å². The van der Waals surface area contributed by atoms with Gasteiger partial charge >= 0.3 is 0 Å². The third-order valence-corrected chi connectivity index (χ3v) is 9.58. The minimum Gasteiger partial charge on any atom is -0.355 e. The first-order chi connectivity index (χ1) is 21.0. The number of nitrogens with zero attached hydrogens (tertiary/aromatic N) is 2.